The number of carbonyl (C=O) groups is 1. The summed E-state index contributed by atoms with van der Waals surface area (Å²) in [6, 6.07) is 6.78. The summed E-state index contributed by atoms with van der Waals surface area (Å²) in [6.07, 6.45) is 2.24. The van der Waals surface area contributed by atoms with Crippen molar-refractivity contribution in [3.8, 4) is 5.75 Å². The Morgan fingerprint density at radius 3 is 2.77 bits per heavy atom. The average Bonchev–Trinajstić information content (AvgIpc) is 2.90. The van der Waals surface area contributed by atoms with Crippen LogP contribution in [0, 0.1) is 11.6 Å². The van der Waals surface area contributed by atoms with Gasteiger partial charge in [-0.3, -0.25) is 0 Å². The van der Waals surface area contributed by atoms with Gasteiger partial charge >= 0.3 is 6.03 Å². The van der Waals surface area contributed by atoms with E-state index in [0.29, 0.717) is 44.1 Å². The lowest BCUT2D eigenvalue weighted by Crippen LogP contribution is -2.38. The van der Waals surface area contributed by atoms with Gasteiger partial charge in [0.05, 0.1) is 7.11 Å². The Morgan fingerprint density at radius 2 is 2.00 bits per heavy atom. The number of pyridine rings is 1. The minimum Gasteiger partial charge on any atom is -0.494 e. The fourth-order valence-corrected chi connectivity index (χ4v) is 2.88. The Bertz CT molecular complexity index is 788. The summed E-state index contributed by atoms with van der Waals surface area (Å²) in [6.45, 7) is 2.06. The Labute approximate surface area is 150 Å². The first-order valence-electron chi connectivity index (χ1n) is 8.33. The van der Waals surface area contributed by atoms with E-state index in [2.05, 4.69) is 10.3 Å². The molecule has 3 rings (SSSR count). The minimum atomic E-state index is -0.492. The number of methoxy groups -OCH3 is 1. The van der Waals surface area contributed by atoms with Crippen LogP contribution in [0.1, 0.15) is 6.42 Å². The van der Waals surface area contributed by atoms with Crippen LogP contribution in [0.3, 0.4) is 0 Å². The van der Waals surface area contributed by atoms with Crippen molar-refractivity contribution in [1.82, 2.24) is 9.88 Å². The molecule has 2 heterocycles. The van der Waals surface area contributed by atoms with Crippen molar-refractivity contribution in [2.45, 2.75) is 6.42 Å². The minimum absolute atomic E-state index is 0.0652. The number of ether oxygens (including phenoxy) is 1. The lowest BCUT2D eigenvalue weighted by atomic mass is 10.3. The van der Waals surface area contributed by atoms with Gasteiger partial charge in [-0.25, -0.2) is 18.6 Å². The molecule has 1 fully saturated rings. The van der Waals surface area contributed by atoms with E-state index in [4.69, 9.17) is 4.74 Å². The third kappa shape index (κ3) is 4.01. The van der Waals surface area contributed by atoms with Crippen molar-refractivity contribution in [2.24, 2.45) is 0 Å². The number of carbonyl (C=O) groups excluding carboxylic acids is 1. The lowest BCUT2D eigenvalue weighted by molar-refractivity contribution is 0.215. The molecule has 0 atom stereocenters. The lowest BCUT2D eigenvalue weighted by Gasteiger charge is -2.23. The number of aromatic nitrogens is 1. The third-order valence-corrected chi connectivity index (χ3v) is 4.22. The first kappa shape index (κ1) is 17.9. The monoisotopic (exact) mass is 362 g/mol. The molecular formula is C18H20F2N4O2. The molecule has 0 bridgehead atoms. The van der Waals surface area contributed by atoms with Gasteiger partial charge in [0, 0.05) is 44.1 Å². The quantitative estimate of drug-likeness (QED) is 0.912. The molecule has 0 radical (unpaired) electrons. The number of hydrogen-bond donors (Lipinski definition) is 1. The smallest absolute Gasteiger partial charge is 0.321 e. The Morgan fingerprint density at radius 1 is 1.15 bits per heavy atom. The highest BCUT2D eigenvalue weighted by Crippen LogP contribution is 2.22. The maximum absolute atomic E-state index is 13.9. The van der Waals surface area contributed by atoms with Crippen LogP contribution in [0.5, 0.6) is 5.75 Å². The van der Waals surface area contributed by atoms with Crippen LogP contribution in [0.25, 0.3) is 0 Å². The average molecular weight is 362 g/mol. The Balaban J connectivity index is 1.63. The normalized spacial score (nSPS) is 14.7. The van der Waals surface area contributed by atoms with Gasteiger partial charge in [-0.05, 0) is 30.7 Å². The molecule has 1 aromatic heterocycles. The van der Waals surface area contributed by atoms with Crippen LogP contribution >= 0.6 is 0 Å². The van der Waals surface area contributed by atoms with E-state index in [9.17, 15) is 13.6 Å². The first-order valence-corrected chi connectivity index (χ1v) is 8.33. The van der Waals surface area contributed by atoms with E-state index in [1.165, 1.54) is 31.4 Å². The van der Waals surface area contributed by atoms with Crippen molar-refractivity contribution in [1.29, 1.82) is 0 Å². The summed E-state index contributed by atoms with van der Waals surface area (Å²) in [5, 5.41) is 2.74. The van der Waals surface area contributed by atoms with Crippen LogP contribution in [-0.4, -0.2) is 49.2 Å². The molecule has 0 unspecified atom stereocenters. The molecule has 2 aromatic rings. The van der Waals surface area contributed by atoms with Crippen LogP contribution in [0.15, 0.2) is 36.5 Å². The number of rotatable bonds is 3. The fraction of sp³-hybridized carbons (Fsp3) is 0.333. The number of hydrogen-bond acceptors (Lipinski definition) is 4. The van der Waals surface area contributed by atoms with Crippen molar-refractivity contribution >= 4 is 17.5 Å². The topological polar surface area (TPSA) is 57.7 Å². The second-order valence-corrected chi connectivity index (χ2v) is 5.92. The molecule has 26 heavy (non-hydrogen) atoms. The molecular weight excluding hydrogens is 342 g/mol. The van der Waals surface area contributed by atoms with E-state index in [-0.39, 0.29) is 17.6 Å². The summed E-state index contributed by atoms with van der Waals surface area (Å²) in [7, 11) is 1.37. The number of amides is 2. The molecule has 1 aliphatic rings. The van der Waals surface area contributed by atoms with Crippen molar-refractivity contribution in [3.05, 3.63) is 48.2 Å². The molecule has 0 spiro atoms. The van der Waals surface area contributed by atoms with Gasteiger partial charge in [-0.2, -0.15) is 0 Å². The maximum atomic E-state index is 13.9. The van der Waals surface area contributed by atoms with Gasteiger partial charge < -0.3 is 19.9 Å². The molecule has 1 aromatic carbocycles. The molecule has 138 valence electrons. The molecule has 6 nitrogen and oxygen atoms in total. The van der Waals surface area contributed by atoms with E-state index in [0.717, 1.165) is 0 Å². The van der Waals surface area contributed by atoms with E-state index < -0.39 is 5.82 Å². The second kappa shape index (κ2) is 7.99. The number of nitrogens with zero attached hydrogens (tertiary/aromatic N) is 3. The zero-order valence-corrected chi connectivity index (χ0v) is 14.4. The maximum Gasteiger partial charge on any atom is 0.321 e. The molecule has 1 aliphatic heterocycles. The van der Waals surface area contributed by atoms with Crippen LogP contribution < -0.4 is 15.0 Å². The number of anilines is 2. The van der Waals surface area contributed by atoms with Crippen LogP contribution in [-0.2, 0) is 0 Å². The molecule has 1 saturated heterocycles. The van der Waals surface area contributed by atoms with Gasteiger partial charge in [0.15, 0.2) is 23.2 Å². The number of urea groups is 1. The third-order valence-electron chi connectivity index (χ3n) is 4.22. The molecule has 0 saturated carbocycles. The van der Waals surface area contributed by atoms with E-state index >= 15 is 0 Å². The predicted molar refractivity (Wildman–Crippen MR) is 94.6 cm³/mol. The van der Waals surface area contributed by atoms with Crippen molar-refractivity contribution < 1.29 is 18.3 Å². The van der Waals surface area contributed by atoms with Gasteiger partial charge in [0.2, 0.25) is 0 Å². The van der Waals surface area contributed by atoms with Gasteiger partial charge in [-0.15, -0.1) is 0 Å². The standard InChI is InChI=1S/C18H20F2N4O2/c1-26-16-12-13(5-6-14(16)19)22-18(25)24-9-3-8-23(10-11-24)17-15(20)4-2-7-21-17/h2,4-7,12H,3,8-11H2,1H3,(H,22,25). The summed E-state index contributed by atoms with van der Waals surface area (Å²) in [4.78, 5) is 20.1. The zero-order chi connectivity index (χ0) is 18.5. The highest BCUT2D eigenvalue weighted by atomic mass is 19.1. The van der Waals surface area contributed by atoms with Crippen molar-refractivity contribution in [3.63, 3.8) is 0 Å². The fourth-order valence-electron chi connectivity index (χ4n) is 2.88. The summed E-state index contributed by atoms with van der Waals surface area (Å²) in [5.74, 6) is -0.495. The summed E-state index contributed by atoms with van der Waals surface area (Å²) in [5.41, 5.74) is 0.449. The van der Waals surface area contributed by atoms with E-state index in [1.807, 2.05) is 4.90 Å². The summed E-state index contributed by atoms with van der Waals surface area (Å²) >= 11 is 0. The van der Waals surface area contributed by atoms with Crippen molar-refractivity contribution in [2.75, 3.05) is 43.5 Å². The summed E-state index contributed by atoms with van der Waals surface area (Å²) < 4.78 is 32.3. The highest BCUT2D eigenvalue weighted by molar-refractivity contribution is 5.89. The first-order chi connectivity index (χ1) is 12.6. The predicted octanol–water partition coefficient (Wildman–Crippen LogP) is 3.11. The molecule has 0 aliphatic carbocycles. The Hall–Kier alpha value is -2.90. The SMILES string of the molecule is COc1cc(NC(=O)N2CCCN(c3ncccc3F)CC2)ccc1F. The number of halogens is 2. The van der Waals surface area contributed by atoms with E-state index in [1.54, 1.807) is 17.2 Å². The molecule has 1 N–H and O–H groups in total. The second-order valence-electron chi connectivity index (χ2n) is 5.92. The van der Waals surface area contributed by atoms with Crippen LogP contribution in [0.2, 0.25) is 0 Å². The molecule has 2 amide bonds. The Kier molecular flexibility index (Phi) is 5.50. The van der Waals surface area contributed by atoms with Gasteiger partial charge in [0.25, 0.3) is 0 Å². The number of benzene rings is 1. The van der Waals surface area contributed by atoms with Gasteiger partial charge in [-0.1, -0.05) is 0 Å². The highest BCUT2D eigenvalue weighted by Gasteiger charge is 2.21. The van der Waals surface area contributed by atoms with Crippen LogP contribution in [0.4, 0.5) is 25.1 Å². The largest absolute Gasteiger partial charge is 0.494 e. The van der Waals surface area contributed by atoms with Gasteiger partial charge in [0.1, 0.15) is 0 Å². The number of nitrogens with one attached hydrogen (secondary N) is 1. The molecule has 8 heteroatoms. The zero-order valence-electron chi connectivity index (χ0n) is 14.4.